The van der Waals surface area contributed by atoms with Crippen molar-refractivity contribution in [2.75, 3.05) is 13.6 Å². The predicted octanol–water partition coefficient (Wildman–Crippen LogP) is 4.08. The summed E-state index contributed by atoms with van der Waals surface area (Å²) < 4.78 is 14.7. The molecule has 0 heterocycles. The largest absolute Gasteiger partial charge is 0.362 e. The Kier molecular flexibility index (Phi) is 15.2. The summed E-state index contributed by atoms with van der Waals surface area (Å²) in [7, 11) is 0.480. The highest BCUT2D eigenvalue weighted by molar-refractivity contribution is 7.83. The van der Waals surface area contributed by atoms with Gasteiger partial charge in [0.05, 0.1) is 4.90 Å². The van der Waals surface area contributed by atoms with Gasteiger partial charge in [-0.05, 0) is 49.0 Å². The quantitative estimate of drug-likeness (QED) is 0.328. The molecule has 1 aromatic rings. The normalized spacial score (nSPS) is 11.7. The topological polar surface area (TPSA) is 58.2 Å². The predicted molar refractivity (Wildman–Crippen MR) is 112 cm³/mol. The molecule has 144 valence electrons. The van der Waals surface area contributed by atoms with E-state index in [-0.39, 0.29) is 0 Å². The zero-order chi connectivity index (χ0) is 19.6. The van der Waals surface area contributed by atoms with Gasteiger partial charge in [-0.15, -0.1) is 0 Å². The van der Waals surface area contributed by atoms with Crippen molar-refractivity contribution >= 4 is 17.4 Å². The van der Waals surface area contributed by atoms with Crippen LogP contribution in [0.3, 0.4) is 0 Å². The van der Waals surface area contributed by atoms with Crippen molar-refractivity contribution < 1.29 is 9.00 Å². The SMILES string of the molecule is C=C/C=C(\C=C)CCCCCc1ccc(S(=O)NCC)cc1.CNC=O. The Labute approximate surface area is 161 Å². The molecule has 26 heavy (non-hydrogen) atoms. The first-order valence-corrected chi connectivity index (χ1v) is 10.1. The van der Waals surface area contributed by atoms with Crippen molar-refractivity contribution in [3.63, 3.8) is 0 Å². The van der Waals surface area contributed by atoms with Crippen LogP contribution in [0, 0.1) is 0 Å². The minimum Gasteiger partial charge on any atom is -0.362 e. The number of allylic oxidation sites excluding steroid dienone is 4. The average molecular weight is 377 g/mol. The molecular weight excluding hydrogens is 344 g/mol. The molecular formula is C21H32N2O2S. The lowest BCUT2D eigenvalue weighted by atomic mass is 10.0. The zero-order valence-corrected chi connectivity index (χ0v) is 16.8. The number of nitrogens with one attached hydrogen (secondary N) is 2. The van der Waals surface area contributed by atoms with E-state index < -0.39 is 11.0 Å². The molecule has 0 radical (unpaired) electrons. The fourth-order valence-electron chi connectivity index (χ4n) is 2.23. The van der Waals surface area contributed by atoms with Crippen LogP contribution in [0.4, 0.5) is 0 Å². The highest BCUT2D eigenvalue weighted by Crippen LogP contribution is 2.14. The highest BCUT2D eigenvalue weighted by Gasteiger charge is 2.02. The summed E-state index contributed by atoms with van der Waals surface area (Å²) in [5.41, 5.74) is 2.56. The fourth-order valence-corrected chi connectivity index (χ4v) is 3.05. The van der Waals surface area contributed by atoms with Gasteiger partial charge in [0.2, 0.25) is 6.41 Å². The molecule has 0 aliphatic rings. The summed E-state index contributed by atoms with van der Waals surface area (Å²) in [4.78, 5) is 9.91. The lowest BCUT2D eigenvalue weighted by Crippen LogP contribution is -2.16. The summed E-state index contributed by atoms with van der Waals surface area (Å²) in [6.45, 7) is 10.2. The Bertz CT molecular complexity index is 580. The second-order valence-corrected chi connectivity index (χ2v) is 6.86. The highest BCUT2D eigenvalue weighted by atomic mass is 32.2. The second-order valence-electron chi connectivity index (χ2n) is 5.56. The Morgan fingerprint density at radius 3 is 2.31 bits per heavy atom. The third-order valence-corrected chi connectivity index (χ3v) is 4.81. The van der Waals surface area contributed by atoms with E-state index in [1.807, 2.05) is 37.3 Å². The third-order valence-electron chi connectivity index (χ3n) is 3.56. The lowest BCUT2D eigenvalue weighted by molar-refractivity contribution is -0.109. The first-order valence-electron chi connectivity index (χ1n) is 8.92. The molecule has 0 spiro atoms. The van der Waals surface area contributed by atoms with Crippen LogP contribution in [0.2, 0.25) is 0 Å². The maximum Gasteiger partial charge on any atom is 0.206 e. The summed E-state index contributed by atoms with van der Waals surface area (Å²) in [5, 5.41) is 2.25. The van der Waals surface area contributed by atoms with Crippen molar-refractivity contribution in [2.45, 2.75) is 43.9 Å². The van der Waals surface area contributed by atoms with Crippen molar-refractivity contribution in [1.29, 1.82) is 0 Å². The van der Waals surface area contributed by atoms with Gasteiger partial charge in [-0.2, -0.15) is 0 Å². The van der Waals surface area contributed by atoms with E-state index >= 15 is 0 Å². The fraction of sp³-hybridized carbons (Fsp3) is 0.381. The molecule has 5 heteroatoms. The lowest BCUT2D eigenvalue weighted by Gasteiger charge is -2.05. The van der Waals surface area contributed by atoms with Gasteiger partial charge in [0.15, 0.2) is 0 Å². The molecule has 1 atom stereocenters. The van der Waals surface area contributed by atoms with Crippen LogP contribution in [0.15, 0.2) is 66.1 Å². The number of hydrogen-bond acceptors (Lipinski definition) is 2. The first kappa shape index (κ1) is 24.0. The second kappa shape index (κ2) is 16.5. The van der Waals surface area contributed by atoms with Crippen molar-refractivity contribution in [3.8, 4) is 0 Å². The molecule has 1 aromatic carbocycles. The molecule has 4 nitrogen and oxygen atoms in total. The smallest absolute Gasteiger partial charge is 0.206 e. The van der Waals surface area contributed by atoms with Gasteiger partial charge in [-0.1, -0.05) is 56.9 Å². The number of carbonyl (C=O) groups excluding carboxylic acids is 1. The molecule has 0 aliphatic heterocycles. The maximum absolute atomic E-state index is 11.8. The van der Waals surface area contributed by atoms with Crippen LogP contribution >= 0.6 is 0 Å². The van der Waals surface area contributed by atoms with E-state index in [1.54, 1.807) is 7.05 Å². The monoisotopic (exact) mass is 376 g/mol. The number of hydrogen-bond donors (Lipinski definition) is 2. The molecule has 2 N–H and O–H groups in total. The van der Waals surface area contributed by atoms with Crippen molar-refractivity contribution in [1.82, 2.24) is 10.0 Å². The van der Waals surface area contributed by atoms with Crippen LogP contribution in [0.1, 0.15) is 38.2 Å². The summed E-state index contributed by atoms with van der Waals surface area (Å²) >= 11 is 0. The van der Waals surface area contributed by atoms with E-state index in [1.165, 1.54) is 30.4 Å². The van der Waals surface area contributed by atoms with Crippen LogP contribution in [-0.4, -0.2) is 24.2 Å². The van der Waals surface area contributed by atoms with Gasteiger partial charge in [0.25, 0.3) is 0 Å². The van der Waals surface area contributed by atoms with Gasteiger partial charge in [0, 0.05) is 13.6 Å². The molecule has 0 aliphatic carbocycles. The minimum absolute atomic E-state index is 0.625. The molecule has 0 saturated heterocycles. The Morgan fingerprint density at radius 1 is 1.15 bits per heavy atom. The molecule has 0 fully saturated rings. The molecule has 0 bridgehead atoms. The molecule has 1 amide bonds. The van der Waals surface area contributed by atoms with Crippen LogP contribution in [0.5, 0.6) is 0 Å². The molecule has 1 rings (SSSR count). The number of aryl methyl sites for hydroxylation is 1. The van der Waals surface area contributed by atoms with Gasteiger partial charge in [-0.3, -0.25) is 4.79 Å². The number of amides is 1. The van der Waals surface area contributed by atoms with Crippen LogP contribution < -0.4 is 10.0 Å². The van der Waals surface area contributed by atoms with E-state index in [0.29, 0.717) is 13.0 Å². The van der Waals surface area contributed by atoms with E-state index in [0.717, 1.165) is 17.7 Å². The van der Waals surface area contributed by atoms with Crippen molar-refractivity contribution in [3.05, 3.63) is 66.8 Å². The molecule has 0 aromatic heterocycles. The third kappa shape index (κ3) is 11.6. The summed E-state index contributed by atoms with van der Waals surface area (Å²) in [6.07, 6.45) is 12.1. The maximum atomic E-state index is 11.8. The Balaban J connectivity index is 0.00000141. The number of carbonyl (C=O) groups is 1. The van der Waals surface area contributed by atoms with Gasteiger partial charge >= 0.3 is 0 Å². The zero-order valence-electron chi connectivity index (χ0n) is 16.0. The molecule has 1 unspecified atom stereocenters. The first-order chi connectivity index (χ1) is 12.6. The number of unbranched alkanes of at least 4 members (excludes halogenated alkanes) is 2. The number of rotatable bonds is 12. The Morgan fingerprint density at radius 2 is 1.81 bits per heavy atom. The van der Waals surface area contributed by atoms with Gasteiger partial charge < -0.3 is 5.32 Å². The minimum atomic E-state index is -1.08. The summed E-state index contributed by atoms with van der Waals surface area (Å²) in [5.74, 6) is 0. The standard InChI is InChI=1S/C19H27NOS.C2H5NO/c1-4-10-17(5-2)11-8-7-9-12-18-13-15-19(16-14-18)22(21)20-6-3;1-3-2-4/h4-5,10,13-16,20H,1-2,6-9,11-12H2,3H3;2H,1H3,(H,3,4)/b17-10+;. The van der Waals surface area contributed by atoms with Crippen LogP contribution in [-0.2, 0) is 22.2 Å². The Hall–Kier alpha value is -1.98. The average Bonchev–Trinajstić information content (AvgIpc) is 2.67. The summed E-state index contributed by atoms with van der Waals surface area (Å²) in [6, 6.07) is 8.07. The van der Waals surface area contributed by atoms with E-state index in [4.69, 9.17) is 4.79 Å². The van der Waals surface area contributed by atoms with Gasteiger partial charge in [-0.25, -0.2) is 8.93 Å². The van der Waals surface area contributed by atoms with Crippen molar-refractivity contribution in [2.24, 2.45) is 0 Å². The van der Waals surface area contributed by atoms with E-state index in [9.17, 15) is 4.21 Å². The van der Waals surface area contributed by atoms with Crippen LogP contribution in [0.25, 0.3) is 0 Å². The van der Waals surface area contributed by atoms with Gasteiger partial charge in [0.1, 0.15) is 11.0 Å². The molecule has 0 saturated carbocycles. The number of benzene rings is 1. The van der Waals surface area contributed by atoms with E-state index in [2.05, 4.69) is 35.3 Å².